The number of esters is 2. The van der Waals surface area contributed by atoms with Crippen molar-refractivity contribution in [2.24, 2.45) is 5.73 Å². The molecule has 11 nitrogen and oxygen atoms in total. The number of hydrogen-bond acceptors (Lipinski definition) is 9. The smallest absolute Gasteiger partial charge is 0.472 e. The summed E-state index contributed by atoms with van der Waals surface area (Å²) in [6.45, 7) is 2.77. The number of aliphatic carboxylic acids is 1. The van der Waals surface area contributed by atoms with E-state index in [1.807, 2.05) is 0 Å². The van der Waals surface area contributed by atoms with E-state index in [9.17, 15) is 23.8 Å². The lowest BCUT2D eigenvalue weighted by Gasteiger charge is -2.20. The van der Waals surface area contributed by atoms with E-state index >= 15 is 0 Å². The highest BCUT2D eigenvalue weighted by Gasteiger charge is 2.28. The zero-order valence-corrected chi connectivity index (χ0v) is 34.3. The maximum atomic E-state index is 12.6. The number of carbonyl (C=O) groups is 3. The lowest BCUT2D eigenvalue weighted by molar-refractivity contribution is -0.161. The van der Waals surface area contributed by atoms with Crippen LogP contribution in [0.3, 0.4) is 0 Å². The molecule has 12 heteroatoms. The van der Waals surface area contributed by atoms with E-state index in [0.29, 0.717) is 12.8 Å². The van der Waals surface area contributed by atoms with Gasteiger partial charge in [0, 0.05) is 12.8 Å². The molecule has 310 valence electrons. The Hall–Kier alpha value is -2.04. The summed E-state index contributed by atoms with van der Waals surface area (Å²) in [5, 5.41) is 8.87. The molecule has 0 aliphatic rings. The molecule has 0 aromatic carbocycles. The van der Waals surface area contributed by atoms with E-state index in [-0.39, 0.29) is 19.4 Å². The minimum absolute atomic E-state index is 0.151. The number of phosphoric ester groups is 1. The fraction of sp³-hybridized carbons (Fsp3) is 0.829. The van der Waals surface area contributed by atoms with Gasteiger partial charge in [-0.25, -0.2) is 4.57 Å². The van der Waals surface area contributed by atoms with Gasteiger partial charge in [0.25, 0.3) is 0 Å². The quantitative estimate of drug-likeness (QED) is 0.0235. The summed E-state index contributed by atoms with van der Waals surface area (Å²) >= 11 is 0. The maximum Gasteiger partial charge on any atom is 0.472 e. The molecule has 53 heavy (non-hydrogen) atoms. The Morgan fingerprint density at radius 3 is 1.38 bits per heavy atom. The second-order valence-corrected chi connectivity index (χ2v) is 15.6. The van der Waals surface area contributed by atoms with E-state index in [1.54, 1.807) is 0 Å². The molecule has 0 aromatic heterocycles. The van der Waals surface area contributed by atoms with Crippen LogP contribution in [0.2, 0.25) is 0 Å². The molecule has 0 rings (SSSR count). The highest BCUT2D eigenvalue weighted by molar-refractivity contribution is 7.47. The molecule has 0 aliphatic carbocycles. The Labute approximate surface area is 321 Å². The first kappa shape index (κ1) is 51.0. The van der Waals surface area contributed by atoms with E-state index in [1.165, 1.54) is 70.6 Å². The van der Waals surface area contributed by atoms with Gasteiger partial charge in [0.1, 0.15) is 12.6 Å². The Bertz CT molecular complexity index is 1010. The maximum absolute atomic E-state index is 12.6. The highest BCUT2D eigenvalue weighted by Crippen LogP contribution is 2.43. The first-order valence-corrected chi connectivity index (χ1v) is 22.4. The molecule has 0 saturated heterocycles. The molecule has 0 amide bonds. The van der Waals surface area contributed by atoms with Crippen LogP contribution in [0.5, 0.6) is 0 Å². The van der Waals surface area contributed by atoms with Crippen molar-refractivity contribution < 1.29 is 47.5 Å². The molecule has 3 atom stereocenters. The van der Waals surface area contributed by atoms with Gasteiger partial charge in [-0.15, -0.1) is 0 Å². The lowest BCUT2D eigenvalue weighted by atomic mass is 10.1. The third kappa shape index (κ3) is 36.7. The summed E-state index contributed by atoms with van der Waals surface area (Å²) in [6, 6.07) is -1.52. The fourth-order valence-electron chi connectivity index (χ4n) is 5.58. The topological polar surface area (TPSA) is 172 Å². The van der Waals surface area contributed by atoms with Crippen molar-refractivity contribution in [1.29, 1.82) is 0 Å². The predicted octanol–water partition coefficient (Wildman–Crippen LogP) is 10.7. The van der Waals surface area contributed by atoms with Gasteiger partial charge in [-0.1, -0.05) is 134 Å². The largest absolute Gasteiger partial charge is 0.480 e. The Balaban J connectivity index is 4.41. The number of carboxylic acids is 1. The third-order valence-electron chi connectivity index (χ3n) is 8.92. The number of carbonyl (C=O) groups excluding carboxylic acids is 2. The van der Waals surface area contributed by atoms with Crippen LogP contribution in [0, 0.1) is 0 Å². The van der Waals surface area contributed by atoms with E-state index < -0.39 is 51.1 Å². The second-order valence-electron chi connectivity index (χ2n) is 14.1. The normalized spacial score (nSPS) is 14.0. The lowest BCUT2D eigenvalue weighted by Crippen LogP contribution is -2.34. The average molecular weight is 774 g/mol. The number of carboxylic acid groups (broad SMARTS) is 1. The first-order valence-electron chi connectivity index (χ1n) is 20.9. The number of ether oxygens (including phenoxy) is 2. The van der Waals surface area contributed by atoms with Crippen LogP contribution in [-0.2, 0) is 37.5 Å². The van der Waals surface area contributed by atoms with Gasteiger partial charge < -0.3 is 25.2 Å². The van der Waals surface area contributed by atoms with Crippen LogP contribution in [0.1, 0.15) is 187 Å². The minimum atomic E-state index is -4.71. The standard InChI is InChI=1S/C41H76NO10P/c1-3-5-7-9-11-13-15-17-19-21-23-25-27-29-31-33-40(44)52-37(35-50-53(47,48)51-36-38(42)41(45)46)34-49-39(43)32-30-28-26-24-22-20-18-16-14-12-10-8-6-4-2/h16-19,37-38H,3-15,20-36,42H2,1-2H3,(H,45,46)(H,47,48)/b18-16-,19-17-/t37-,38+/m1/s1. The zero-order chi connectivity index (χ0) is 39.3. The molecule has 4 N–H and O–H groups in total. The molecule has 0 aromatic rings. The number of phosphoric acid groups is 1. The summed E-state index contributed by atoms with van der Waals surface area (Å²) in [5.41, 5.74) is 5.32. The average Bonchev–Trinajstić information content (AvgIpc) is 3.13. The van der Waals surface area contributed by atoms with Gasteiger partial charge in [0.2, 0.25) is 0 Å². The van der Waals surface area contributed by atoms with Crippen molar-refractivity contribution in [2.75, 3.05) is 19.8 Å². The molecule has 0 aliphatic heterocycles. The van der Waals surface area contributed by atoms with Gasteiger partial charge in [0.15, 0.2) is 6.10 Å². The Kier molecular flexibility index (Phi) is 35.5. The summed E-state index contributed by atoms with van der Waals surface area (Å²) < 4.78 is 32.6. The van der Waals surface area contributed by atoms with Gasteiger partial charge in [0.05, 0.1) is 13.2 Å². The van der Waals surface area contributed by atoms with Gasteiger partial charge in [-0.2, -0.15) is 0 Å². The van der Waals surface area contributed by atoms with E-state index in [2.05, 4.69) is 42.7 Å². The number of rotatable bonds is 39. The molecule has 0 bridgehead atoms. The van der Waals surface area contributed by atoms with Gasteiger partial charge in [-0.3, -0.25) is 23.4 Å². The summed E-state index contributed by atoms with van der Waals surface area (Å²) in [7, 11) is -4.71. The molecule has 1 unspecified atom stereocenters. The molecule has 0 fully saturated rings. The van der Waals surface area contributed by atoms with Crippen molar-refractivity contribution in [1.82, 2.24) is 0 Å². The summed E-state index contributed by atoms with van der Waals surface area (Å²) in [6.07, 6.45) is 36.7. The highest BCUT2D eigenvalue weighted by atomic mass is 31.2. The molecular weight excluding hydrogens is 697 g/mol. The first-order chi connectivity index (χ1) is 25.6. The molecule has 0 saturated carbocycles. The molecule has 0 heterocycles. The van der Waals surface area contributed by atoms with Crippen LogP contribution in [-0.4, -0.2) is 59.9 Å². The molecular formula is C41H76NO10P. The van der Waals surface area contributed by atoms with Crippen LogP contribution < -0.4 is 5.73 Å². The second kappa shape index (κ2) is 36.9. The summed E-state index contributed by atoms with van der Waals surface area (Å²) in [4.78, 5) is 45.8. The van der Waals surface area contributed by atoms with E-state index in [0.717, 1.165) is 77.0 Å². The fourth-order valence-corrected chi connectivity index (χ4v) is 6.36. The zero-order valence-electron chi connectivity index (χ0n) is 33.4. The van der Waals surface area contributed by atoms with E-state index in [4.69, 9.17) is 24.8 Å². The van der Waals surface area contributed by atoms with Crippen LogP contribution >= 0.6 is 7.82 Å². The number of nitrogens with two attached hydrogens (primary N) is 1. The number of hydrogen-bond donors (Lipinski definition) is 3. The van der Waals surface area contributed by atoms with Crippen molar-refractivity contribution >= 4 is 25.7 Å². The SMILES string of the molecule is CCCCCCC/C=C\CCCCCCCC(=O)OC[C@H](COP(=O)(O)OC[C@H](N)C(=O)O)OC(=O)CCCCCCC/C=C\CCCCCCCC. The van der Waals surface area contributed by atoms with Crippen LogP contribution in [0.15, 0.2) is 24.3 Å². The van der Waals surface area contributed by atoms with Crippen molar-refractivity contribution in [2.45, 2.75) is 199 Å². The van der Waals surface area contributed by atoms with Crippen molar-refractivity contribution in [3.8, 4) is 0 Å². The molecule has 0 spiro atoms. The monoisotopic (exact) mass is 774 g/mol. The van der Waals surface area contributed by atoms with Gasteiger partial charge >= 0.3 is 25.7 Å². The van der Waals surface area contributed by atoms with Crippen molar-refractivity contribution in [3.05, 3.63) is 24.3 Å². The molecule has 0 radical (unpaired) electrons. The Morgan fingerprint density at radius 2 is 0.943 bits per heavy atom. The minimum Gasteiger partial charge on any atom is -0.480 e. The third-order valence-corrected chi connectivity index (χ3v) is 9.87. The predicted molar refractivity (Wildman–Crippen MR) is 212 cm³/mol. The summed E-state index contributed by atoms with van der Waals surface area (Å²) in [5.74, 6) is -2.40. The van der Waals surface area contributed by atoms with Crippen LogP contribution in [0.25, 0.3) is 0 Å². The van der Waals surface area contributed by atoms with Crippen LogP contribution in [0.4, 0.5) is 0 Å². The number of unbranched alkanes of at least 4 members (excludes halogenated alkanes) is 21. The van der Waals surface area contributed by atoms with Gasteiger partial charge in [-0.05, 0) is 64.2 Å². The number of allylic oxidation sites excluding steroid dienone is 4. The Morgan fingerprint density at radius 1 is 0.566 bits per heavy atom. The van der Waals surface area contributed by atoms with Crippen molar-refractivity contribution in [3.63, 3.8) is 0 Å².